The number of carbonyl (C=O) groups is 2. The van der Waals surface area contributed by atoms with Gasteiger partial charge in [-0.1, -0.05) is 30.3 Å². The minimum Gasteiger partial charge on any atom is -0.339 e. The molecule has 2 heterocycles. The molecule has 1 aromatic heterocycles. The van der Waals surface area contributed by atoms with Gasteiger partial charge in [0.05, 0.1) is 0 Å². The molecule has 1 aliphatic heterocycles. The Morgan fingerprint density at radius 3 is 2.14 bits per heavy atom. The van der Waals surface area contributed by atoms with Crippen molar-refractivity contribution in [3.8, 4) is 0 Å². The van der Waals surface area contributed by atoms with Crippen LogP contribution >= 0.6 is 0 Å². The zero-order chi connectivity index (χ0) is 20.9. The molecule has 0 aliphatic carbocycles. The van der Waals surface area contributed by atoms with Crippen LogP contribution in [-0.4, -0.2) is 57.6 Å². The number of alkyl halides is 3. The predicted octanol–water partition coefficient (Wildman–Crippen LogP) is 2.60. The van der Waals surface area contributed by atoms with Crippen LogP contribution in [0.3, 0.4) is 0 Å². The Morgan fingerprint density at radius 2 is 1.55 bits per heavy atom. The van der Waals surface area contributed by atoms with Gasteiger partial charge >= 0.3 is 6.18 Å². The average molecular weight is 408 g/mol. The summed E-state index contributed by atoms with van der Waals surface area (Å²) in [6, 6.07) is 10.8. The Bertz CT molecular complexity index is 828. The number of aromatic nitrogens is 2. The first-order valence-electron chi connectivity index (χ1n) is 9.53. The molecule has 0 unspecified atom stereocenters. The molecule has 9 heteroatoms. The number of hydrogen-bond acceptors (Lipinski definition) is 3. The van der Waals surface area contributed by atoms with Gasteiger partial charge in [0.1, 0.15) is 6.54 Å². The van der Waals surface area contributed by atoms with Crippen molar-refractivity contribution in [1.29, 1.82) is 0 Å². The molecular weight excluding hydrogens is 385 g/mol. The summed E-state index contributed by atoms with van der Waals surface area (Å²) in [4.78, 5) is 28.0. The largest absolute Gasteiger partial charge is 0.435 e. The van der Waals surface area contributed by atoms with E-state index in [1.807, 2.05) is 30.3 Å². The Labute approximate surface area is 166 Å². The number of piperazine rings is 1. The maximum Gasteiger partial charge on any atom is 0.435 e. The van der Waals surface area contributed by atoms with E-state index >= 15 is 0 Å². The van der Waals surface area contributed by atoms with E-state index in [2.05, 4.69) is 5.10 Å². The third kappa shape index (κ3) is 5.82. The summed E-state index contributed by atoms with van der Waals surface area (Å²) in [5, 5.41) is 3.40. The van der Waals surface area contributed by atoms with Crippen LogP contribution in [0.2, 0.25) is 0 Å². The molecule has 1 aliphatic rings. The maximum atomic E-state index is 12.6. The molecule has 3 rings (SSSR count). The number of nitrogens with zero attached hydrogens (tertiary/aromatic N) is 4. The van der Waals surface area contributed by atoms with Crippen molar-refractivity contribution in [1.82, 2.24) is 19.6 Å². The zero-order valence-corrected chi connectivity index (χ0v) is 15.9. The number of rotatable bonds is 6. The highest BCUT2D eigenvalue weighted by Crippen LogP contribution is 2.27. The Morgan fingerprint density at radius 1 is 0.931 bits per heavy atom. The predicted molar refractivity (Wildman–Crippen MR) is 99.8 cm³/mol. The van der Waals surface area contributed by atoms with Crippen LogP contribution in [-0.2, 0) is 28.7 Å². The number of carbonyl (C=O) groups excluding carboxylic acids is 2. The smallest absolute Gasteiger partial charge is 0.339 e. The van der Waals surface area contributed by atoms with E-state index in [-0.39, 0.29) is 18.4 Å². The number of halogens is 3. The highest BCUT2D eigenvalue weighted by atomic mass is 19.4. The van der Waals surface area contributed by atoms with E-state index < -0.39 is 11.9 Å². The minimum atomic E-state index is -4.53. The van der Waals surface area contributed by atoms with E-state index in [1.54, 1.807) is 9.80 Å². The minimum absolute atomic E-state index is 0.0647. The maximum absolute atomic E-state index is 12.6. The molecule has 1 saturated heterocycles. The molecule has 1 aromatic carbocycles. The van der Waals surface area contributed by atoms with E-state index in [9.17, 15) is 22.8 Å². The third-order valence-electron chi connectivity index (χ3n) is 4.91. The molecule has 29 heavy (non-hydrogen) atoms. The second-order valence-corrected chi connectivity index (χ2v) is 7.00. The summed E-state index contributed by atoms with van der Waals surface area (Å²) in [5.41, 5.74) is 0.180. The second kappa shape index (κ2) is 9.11. The summed E-state index contributed by atoms with van der Waals surface area (Å²) >= 11 is 0. The highest BCUT2D eigenvalue weighted by Gasteiger charge is 2.34. The van der Waals surface area contributed by atoms with Gasteiger partial charge in [0.2, 0.25) is 11.8 Å². The first kappa shape index (κ1) is 20.9. The Kier molecular flexibility index (Phi) is 6.56. The van der Waals surface area contributed by atoms with Gasteiger partial charge in [-0.25, -0.2) is 0 Å². The van der Waals surface area contributed by atoms with Crippen LogP contribution in [0.1, 0.15) is 24.1 Å². The van der Waals surface area contributed by atoms with Crippen molar-refractivity contribution in [2.45, 2.75) is 32.0 Å². The van der Waals surface area contributed by atoms with Crippen molar-refractivity contribution in [3.63, 3.8) is 0 Å². The number of amides is 2. The van der Waals surface area contributed by atoms with Gasteiger partial charge in [0, 0.05) is 38.8 Å². The van der Waals surface area contributed by atoms with Crippen molar-refractivity contribution in [3.05, 3.63) is 53.9 Å². The van der Waals surface area contributed by atoms with E-state index in [4.69, 9.17) is 0 Å². The van der Waals surface area contributed by atoms with Crippen LogP contribution in [0.25, 0.3) is 0 Å². The molecule has 0 N–H and O–H groups in total. The molecule has 0 bridgehead atoms. The van der Waals surface area contributed by atoms with Crippen molar-refractivity contribution in [2.24, 2.45) is 0 Å². The van der Waals surface area contributed by atoms with Crippen LogP contribution in [0, 0.1) is 0 Å². The van der Waals surface area contributed by atoms with Gasteiger partial charge in [-0.2, -0.15) is 18.3 Å². The molecule has 156 valence electrons. The summed E-state index contributed by atoms with van der Waals surface area (Å²) in [6.45, 7) is 1.36. The topological polar surface area (TPSA) is 58.4 Å². The van der Waals surface area contributed by atoms with Crippen LogP contribution in [0.5, 0.6) is 0 Å². The lowest BCUT2D eigenvalue weighted by atomic mass is 10.1. The number of aryl methyl sites for hydroxylation is 1. The molecule has 0 atom stereocenters. The zero-order valence-electron chi connectivity index (χ0n) is 15.9. The van der Waals surface area contributed by atoms with Gasteiger partial charge in [0.15, 0.2) is 5.69 Å². The highest BCUT2D eigenvalue weighted by molar-refractivity contribution is 5.78. The SMILES string of the molecule is O=C(CCCc1ccccc1)N1CCN(C(=O)Cn2ccc(C(F)(F)F)n2)CC1. The Hall–Kier alpha value is -2.84. The lowest BCUT2D eigenvalue weighted by molar-refractivity contribution is -0.142. The third-order valence-corrected chi connectivity index (χ3v) is 4.91. The van der Waals surface area contributed by atoms with Gasteiger partial charge in [-0.3, -0.25) is 14.3 Å². The molecule has 0 radical (unpaired) electrons. The Balaban J connectivity index is 1.40. The summed E-state index contributed by atoms with van der Waals surface area (Å²) in [5.74, 6) is -0.243. The number of hydrogen-bond donors (Lipinski definition) is 0. The molecule has 0 saturated carbocycles. The standard InChI is InChI=1S/C20H23F3N4O2/c21-20(22,23)17-9-10-27(24-17)15-19(29)26-13-11-25(12-14-26)18(28)8-4-7-16-5-2-1-3-6-16/h1-3,5-6,9-10H,4,7-8,11-15H2. The first-order valence-corrected chi connectivity index (χ1v) is 9.53. The summed E-state index contributed by atoms with van der Waals surface area (Å²) < 4.78 is 38.8. The fourth-order valence-electron chi connectivity index (χ4n) is 3.29. The van der Waals surface area contributed by atoms with Crippen LogP contribution in [0.4, 0.5) is 13.2 Å². The van der Waals surface area contributed by atoms with Gasteiger partial charge in [-0.05, 0) is 24.5 Å². The van der Waals surface area contributed by atoms with Crippen molar-refractivity contribution >= 4 is 11.8 Å². The molecule has 2 aromatic rings. The summed E-state index contributed by atoms with van der Waals surface area (Å²) in [6.07, 6.45) is -1.32. The normalized spacial score (nSPS) is 14.9. The second-order valence-electron chi connectivity index (χ2n) is 7.00. The van der Waals surface area contributed by atoms with Gasteiger partial charge in [-0.15, -0.1) is 0 Å². The average Bonchev–Trinajstić information content (AvgIpc) is 3.18. The summed E-state index contributed by atoms with van der Waals surface area (Å²) in [7, 11) is 0. The first-order chi connectivity index (χ1) is 13.8. The molecular formula is C20H23F3N4O2. The van der Waals surface area contributed by atoms with Crippen molar-refractivity contribution in [2.75, 3.05) is 26.2 Å². The molecule has 2 amide bonds. The quantitative estimate of drug-likeness (QED) is 0.738. The fourth-order valence-corrected chi connectivity index (χ4v) is 3.29. The van der Waals surface area contributed by atoms with E-state index in [0.717, 1.165) is 29.8 Å². The van der Waals surface area contributed by atoms with Crippen LogP contribution in [0.15, 0.2) is 42.6 Å². The molecule has 0 spiro atoms. The van der Waals surface area contributed by atoms with Crippen LogP contribution < -0.4 is 0 Å². The molecule has 1 fully saturated rings. The monoisotopic (exact) mass is 408 g/mol. The molecule has 6 nitrogen and oxygen atoms in total. The van der Waals surface area contributed by atoms with Crippen molar-refractivity contribution < 1.29 is 22.8 Å². The van der Waals surface area contributed by atoms with Gasteiger partial charge in [0.25, 0.3) is 0 Å². The number of benzene rings is 1. The van der Waals surface area contributed by atoms with E-state index in [1.165, 1.54) is 5.56 Å². The lowest BCUT2D eigenvalue weighted by Gasteiger charge is -2.34. The van der Waals surface area contributed by atoms with Gasteiger partial charge < -0.3 is 9.80 Å². The lowest BCUT2D eigenvalue weighted by Crippen LogP contribution is -2.51. The fraction of sp³-hybridized carbons (Fsp3) is 0.450. The van der Waals surface area contributed by atoms with E-state index in [0.29, 0.717) is 32.6 Å².